The number of amides is 1. The van der Waals surface area contributed by atoms with Gasteiger partial charge in [-0.2, -0.15) is 0 Å². The quantitative estimate of drug-likeness (QED) is 0.380. The van der Waals surface area contributed by atoms with Crippen molar-refractivity contribution in [3.63, 3.8) is 0 Å². The van der Waals surface area contributed by atoms with Gasteiger partial charge in [-0.15, -0.1) is 0 Å². The summed E-state index contributed by atoms with van der Waals surface area (Å²) in [6.07, 6.45) is 0.691. The van der Waals surface area contributed by atoms with Crippen molar-refractivity contribution >= 4 is 17.8 Å². The fourth-order valence-electron chi connectivity index (χ4n) is 0.752. The van der Waals surface area contributed by atoms with Crippen LogP contribution in [-0.4, -0.2) is 17.3 Å². The summed E-state index contributed by atoms with van der Waals surface area (Å²) in [6, 6.07) is 5.39. The molecule has 0 unspecified atom stereocenters. The van der Waals surface area contributed by atoms with E-state index in [9.17, 15) is 9.18 Å². The van der Waals surface area contributed by atoms with Gasteiger partial charge in [0, 0.05) is 0 Å². The van der Waals surface area contributed by atoms with Gasteiger partial charge in [-0.25, -0.2) is 4.39 Å². The monoisotopic (exact) mass is 197 g/mol. The van der Waals surface area contributed by atoms with E-state index in [0.29, 0.717) is 11.9 Å². The fourth-order valence-corrected chi connectivity index (χ4v) is 0.752. The molecule has 1 rings (SSSR count). The highest BCUT2D eigenvalue weighted by molar-refractivity contribution is 6.26. The van der Waals surface area contributed by atoms with Crippen molar-refractivity contribution in [3.05, 3.63) is 30.1 Å². The van der Waals surface area contributed by atoms with Gasteiger partial charge in [0.05, 0.1) is 5.69 Å². The molecule has 0 heterocycles. The molecule has 0 aliphatic heterocycles. The van der Waals surface area contributed by atoms with Crippen molar-refractivity contribution in [2.24, 2.45) is 5.16 Å². The second-order valence-electron chi connectivity index (χ2n) is 2.37. The summed E-state index contributed by atoms with van der Waals surface area (Å²) < 4.78 is 12.4. The average Bonchev–Trinajstić information content (AvgIpc) is 2.17. The molecular weight excluding hydrogens is 189 g/mol. The van der Waals surface area contributed by atoms with Crippen LogP contribution in [0, 0.1) is 5.82 Å². The summed E-state index contributed by atoms with van der Waals surface area (Å²) in [4.78, 5) is 10.7. The first-order valence-electron chi connectivity index (χ1n) is 3.71. The Labute approximate surface area is 79.2 Å². The average molecular weight is 197 g/mol. The standard InChI is InChI=1S/C8H8FN3O2/c9-6-1-3-7(4-2-6)11-12-8(13)5-10-14/h1-5,11,14H,(H,12,13). The Hall–Kier alpha value is -2.11. The second-order valence-corrected chi connectivity index (χ2v) is 2.37. The number of hydrazine groups is 1. The molecule has 0 saturated carbocycles. The molecule has 74 valence electrons. The van der Waals surface area contributed by atoms with E-state index >= 15 is 0 Å². The number of halogens is 1. The van der Waals surface area contributed by atoms with E-state index in [2.05, 4.69) is 16.0 Å². The Morgan fingerprint density at radius 3 is 2.64 bits per heavy atom. The van der Waals surface area contributed by atoms with Gasteiger partial charge in [-0.05, 0) is 24.3 Å². The molecule has 0 aliphatic carbocycles. The number of carbonyl (C=O) groups is 1. The first-order valence-corrected chi connectivity index (χ1v) is 3.71. The third-order valence-electron chi connectivity index (χ3n) is 1.35. The first kappa shape index (κ1) is 9.97. The van der Waals surface area contributed by atoms with Gasteiger partial charge in [-0.1, -0.05) is 5.16 Å². The van der Waals surface area contributed by atoms with Gasteiger partial charge in [0.15, 0.2) is 0 Å². The number of anilines is 1. The zero-order valence-electron chi connectivity index (χ0n) is 7.07. The third-order valence-corrected chi connectivity index (χ3v) is 1.35. The van der Waals surface area contributed by atoms with E-state index in [1.807, 2.05) is 0 Å². The Balaban J connectivity index is 2.46. The minimum atomic E-state index is -0.614. The van der Waals surface area contributed by atoms with Crippen LogP contribution in [0.15, 0.2) is 29.4 Å². The SMILES string of the molecule is O=C(C=NO)NNc1ccc(F)cc1. The van der Waals surface area contributed by atoms with Crippen molar-refractivity contribution in [3.8, 4) is 0 Å². The molecule has 0 atom stereocenters. The number of hydrogen-bond acceptors (Lipinski definition) is 4. The lowest BCUT2D eigenvalue weighted by molar-refractivity contribution is -0.114. The summed E-state index contributed by atoms with van der Waals surface area (Å²) >= 11 is 0. The van der Waals surface area contributed by atoms with Crippen LogP contribution >= 0.6 is 0 Å². The molecule has 0 saturated heterocycles. The molecule has 0 spiro atoms. The Morgan fingerprint density at radius 1 is 1.43 bits per heavy atom. The maximum Gasteiger partial charge on any atom is 0.284 e. The normalized spacial score (nSPS) is 10.1. The Kier molecular flexibility index (Phi) is 3.42. The van der Waals surface area contributed by atoms with Crippen LogP contribution in [0.2, 0.25) is 0 Å². The summed E-state index contributed by atoms with van der Waals surface area (Å²) in [5, 5.41) is 10.5. The van der Waals surface area contributed by atoms with Gasteiger partial charge in [-0.3, -0.25) is 15.6 Å². The van der Waals surface area contributed by atoms with Crippen LogP contribution in [0.5, 0.6) is 0 Å². The van der Waals surface area contributed by atoms with Crippen LogP contribution in [0.3, 0.4) is 0 Å². The molecule has 3 N–H and O–H groups in total. The summed E-state index contributed by atoms with van der Waals surface area (Å²) in [6.45, 7) is 0. The molecule has 1 aromatic rings. The largest absolute Gasteiger partial charge is 0.411 e. The third kappa shape index (κ3) is 3.10. The van der Waals surface area contributed by atoms with Crippen molar-refractivity contribution in [1.29, 1.82) is 0 Å². The van der Waals surface area contributed by atoms with E-state index in [4.69, 9.17) is 5.21 Å². The van der Waals surface area contributed by atoms with E-state index < -0.39 is 5.91 Å². The van der Waals surface area contributed by atoms with Gasteiger partial charge < -0.3 is 5.21 Å². The highest BCUT2D eigenvalue weighted by atomic mass is 19.1. The molecule has 5 nitrogen and oxygen atoms in total. The summed E-state index contributed by atoms with van der Waals surface area (Å²) in [5.41, 5.74) is 5.21. The number of nitrogens with one attached hydrogen (secondary N) is 2. The van der Waals surface area contributed by atoms with E-state index in [-0.39, 0.29) is 5.82 Å². The number of benzene rings is 1. The lowest BCUT2D eigenvalue weighted by Crippen LogP contribution is -2.30. The van der Waals surface area contributed by atoms with Crippen LogP contribution in [0.1, 0.15) is 0 Å². The van der Waals surface area contributed by atoms with Crippen molar-refractivity contribution in [2.75, 3.05) is 5.43 Å². The second kappa shape index (κ2) is 4.80. The lowest BCUT2D eigenvalue weighted by atomic mass is 10.3. The maximum atomic E-state index is 12.4. The first-order chi connectivity index (χ1) is 6.72. The number of carbonyl (C=O) groups excluding carboxylic acids is 1. The molecule has 6 heteroatoms. The maximum absolute atomic E-state index is 12.4. The van der Waals surface area contributed by atoms with E-state index in [1.54, 1.807) is 0 Å². The van der Waals surface area contributed by atoms with Crippen LogP contribution in [-0.2, 0) is 4.79 Å². The van der Waals surface area contributed by atoms with Gasteiger partial charge in [0.2, 0.25) is 0 Å². The number of oxime groups is 1. The Morgan fingerprint density at radius 2 is 2.07 bits per heavy atom. The van der Waals surface area contributed by atoms with E-state index in [1.165, 1.54) is 24.3 Å². The minimum absolute atomic E-state index is 0.362. The van der Waals surface area contributed by atoms with Crippen LogP contribution < -0.4 is 10.9 Å². The molecule has 14 heavy (non-hydrogen) atoms. The smallest absolute Gasteiger partial charge is 0.284 e. The van der Waals surface area contributed by atoms with Crippen molar-refractivity contribution < 1.29 is 14.4 Å². The van der Waals surface area contributed by atoms with Gasteiger partial charge in [0.25, 0.3) is 5.91 Å². The zero-order chi connectivity index (χ0) is 10.4. The zero-order valence-corrected chi connectivity index (χ0v) is 7.07. The molecule has 1 aromatic carbocycles. The number of rotatable bonds is 3. The van der Waals surface area contributed by atoms with Gasteiger partial charge >= 0.3 is 0 Å². The molecule has 0 aliphatic rings. The fraction of sp³-hybridized carbons (Fsp3) is 0. The van der Waals surface area contributed by atoms with Crippen molar-refractivity contribution in [2.45, 2.75) is 0 Å². The van der Waals surface area contributed by atoms with Crippen LogP contribution in [0.25, 0.3) is 0 Å². The molecular formula is C8H8FN3O2. The summed E-state index contributed by atoms with van der Waals surface area (Å²) in [7, 11) is 0. The van der Waals surface area contributed by atoms with Crippen molar-refractivity contribution in [1.82, 2.24) is 5.43 Å². The topological polar surface area (TPSA) is 73.7 Å². The molecule has 0 bridgehead atoms. The highest BCUT2D eigenvalue weighted by Crippen LogP contribution is 2.06. The lowest BCUT2D eigenvalue weighted by Gasteiger charge is -2.04. The minimum Gasteiger partial charge on any atom is -0.411 e. The van der Waals surface area contributed by atoms with Crippen LogP contribution in [0.4, 0.5) is 10.1 Å². The number of hydrogen-bond donors (Lipinski definition) is 3. The number of nitrogens with zero attached hydrogens (tertiary/aromatic N) is 1. The summed E-state index contributed by atoms with van der Waals surface area (Å²) in [5.74, 6) is -0.976. The van der Waals surface area contributed by atoms with E-state index in [0.717, 1.165) is 0 Å². The molecule has 0 fully saturated rings. The molecule has 1 amide bonds. The predicted molar refractivity (Wildman–Crippen MR) is 48.4 cm³/mol. The molecule has 0 radical (unpaired) electrons. The highest BCUT2D eigenvalue weighted by Gasteiger charge is 1.95. The Bertz CT molecular complexity index is 337. The van der Waals surface area contributed by atoms with Gasteiger partial charge in [0.1, 0.15) is 12.0 Å². The predicted octanol–water partition coefficient (Wildman–Crippen LogP) is 0.729. The molecule has 0 aromatic heterocycles.